The van der Waals surface area contributed by atoms with Gasteiger partial charge in [0.1, 0.15) is 23.7 Å². The molecule has 4 amide bonds. The van der Waals surface area contributed by atoms with Crippen LogP contribution in [0, 0.1) is 0 Å². The number of aromatic nitrogens is 4. The van der Waals surface area contributed by atoms with Gasteiger partial charge < -0.3 is 39.9 Å². The fraction of sp³-hybridized carbons (Fsp3) is 0.400. The molecule has 4 heterocycles. The van der Waals surface area contributed by atoms with Crippen LogP contribution in [0.1, 0.15) is 76.1 Å². The fourth-order valence-electron chi connectivity index (χ4n) is 7.72. The Labute approximate surface area is 313 Å². The average Bonchev–Trinajstić information content (AvgIpc) is 4.03. The molecular weight excluding hydrogens is 688 g/mol. The van der Waals surface area contributed by atoms with Crippen molar-refractivity contribution < 1.29 is 28.7 Å². The number of ether oxygens (including phenoxy) is 2. The lowest BCUT2D eigenvalue weighted by Gasteiger charge is -2.27. The number of H-pyrrole nitrogens is 2. The van der Waals surface area contributed by atoms with Crippen molar-refractivity contribution in [3.8, 4) is 22.4 Å². The molecule has 5 aromatic rings. The normalized spacial score (nSPS) is 18.1. The minimum Gasteiger partial charge on any atom is -0.453 e. The maximum absolute atomic E-state index is 13.4. The van der Waals surface area contributed by atoms with Crippen molar-refractivity contribution in [1.82, 2.24) is 40.4 Å². The van der Waals surface area contributed by atoms with Gasteiger partial charge >= 0.3 is 12.2 Å². The number of amides is 4. The van der Waals surface area contributed by atoms with Crippen LogP contribution in [-0.2, 0) is 19.1 Å². The van der Waals surface area contributed by atoms with E-state index in [0.29, 0.717) is 25.9 Å². The number of methoxy groups -OCH3 is 2. The van der Waals surface area contributed by atoms with E-state index in [-0.39, 0.29) is 23.9 Å². The number of imidazole rings is 2. The lowest BCUT2D eigenvalue weighted by molar-refractivity contribution is -0.135. The highest BCUT2D eigenvalue weighted by atomic mass is 16.5. The van der Waals surface area contributed by atoms with E-state index < -0.39 is 24.3 Å². The molecule has 0 radical (unpaired) electrons. The number of likely N-dealkylation sites (tertiary alicyclic amines) is 2. The Balaban J connectivity index is 1.07. The Morgan fingerprint density at radius 2 is 1.28 bits per heavy atom. The first-order valence-corrected chi connectivity index (χ1v) is 18.6. The number of nitrogens with zero attached hydrogens (tertiary/aromatic N) is 4. The number of hydrogen-bond acceptors (Lipinski definition) is 8. The Morgan fingerprint density at radius 1 is 0.741 bits per heavy atom. The van der Waals surface area contributed by atoms with Gasteiger partial charge in [0.05, 0.1) is 49.2 Å². The average molecular weight is 735 g/mol. The molecule has 7 rings (SSSR count). The van der Waals surface area contributed by atoms with Gasteiger partial charge in [0.25, 0.3) is 0 Å². The minimum atomic E-state index is -0.659. The van der Waals surface area contributed by atoms with E-state index >= 15 is 0 Å². The summed E-state index contributed by atoms with van der Waals surface area (Å²) in [6.07, 6.45) is 4.76. The van der Waals surface area contributed by atoms with Crippen LogP contribution in [0.4, 0.5) is 9.59 Å². The summed E-state index contributed by atoms with van der Waals surface area (Å²) in [4.78, 5) is 70.5. The predicted octanol–water partition coefficient (Wildman–Crippen LogP) is 6.37. The molecule has 282 valence electrons. The molecule has 2 fully saturated rings. The number of fused-ring (bicyclic) bond motifs is 2. The fourth-order valence-corrected chi connectivity index (χ4v) is 7.72. The van der Waals surface area contributed by atoms with E-state index in [0.717, 1.165) is 81.5 Å². The zero-order valence-electron chi connectivity index (χ0n) is 31.0. The Kier molecular flexibility index (Phi) is 10.5. The molecular formula is C40H46N8O6. The largest absolute Gasteiger partial charge is 0.453 e. The highest BCUT2D eigenvalue weighted by Crippen LogP contribution is 2.35. The third-order valence-corrected chi connectivity index (χ3v) is 10.7. The minimum absolute atomic E-state index is 0.136. The number of alkyl carbamates (subject to hydrolysis) is 2. The third-order valence-electron chi connectivity index (χ3n) is 10.7. The van der Waals surface area contributed by atoms with E-state index in [2.05, 4.69) is 74.1 Å². The van der Waals surface area contributed by atoms with Gasteiger partial charge in [0.15, 0.2) is 0 Å². The van der Waals surface area contributed by atoms with E-state index in [9.17, 15) is 19.2 Å². The third kappa shape index (κ3) is 7.20. The predicted molar refractivity (Wildman–Crippen MR) is 203 cm³/mol. The summed E-state index contributed by atoms with van der Waals surface area (Å²) in [5.74, 6) is 1.19. The number of rotatable bonds is 10. The van der Waals surface area contributed by atoms with Crippen LogP contribution in [0.2, 0.25) is 0 Å². The molecule has 4 atom stereocenters. The van der Waals surface area contributed by atoms with Gasteiger partial charge in [0.2, 0.25) is 11.8 Å². The van der Waals surface area contributed by atoms with Crippen LogP contribution in [0.15, 0.2) is 60.8 Å². The molecule has 2 aliphatic heterocycles. The van der Waals surface area contributed by atoms with Crippen molar-refractivity contribution in [1.29, 1.82) is 0 Å². The molecule has 3 aromatic carbocycles. The van der Waals surface area contributed by atoms with Crippen LogP contribution in [0.3, 0.4) is 0 Å². The van der Waals surface area contributed by atoms with E-state index in [4.69, 9.17) is 14.5 Å². The summed E-state index contributed by atoms with van der Waals surface area (Å²) in [6.45, 7) is 4.92. The summed E-state index contributed by atoms with van der Waals surface area (Å²) >= 11 is 0. The molecule has 14 heteroatoms. The zero-order chi connectivity index (χ0) is 37.9. The summed E-state index contributed by atoms with van der Waals surface area (Å²) < 4.78 is 9.44. The van der Waals surface area contributed by atoms with Crippen LogP contribution >= 0.6 is 0 Å². The van der Waals surface area contributed by atoms with Crippen molar-refractivity contribution >= 4 is 45.8 Å². The first kappa shape index (κ1) is 36.4. The van der Waals surface area contributed by atoms with Crippen LogP contribution in [0.25, 0.3) is 44.2 Å². The van der Waals surface area contributed by atoms with Crippen molar-refractivity contribution in [2.45, 2.75) is 76.5 Å². The number of carbonyl (C=O) groups is 4. The molecule has 4 N–H and O–H groups in total. The topological polar surface area (TPSA) is 175 Å². The number of hydrogen-bond donors (Lipinski definition) is 4. The molecule has 2 aliphatic rings. The van der Waals surface area contributed by atoms with Crippen molar-refractivity contribution in [2.75, 3.05) is 27.3 Å². The molecule has 0 saturated carbocycles. The lowest BCUT2D eigenvalue weighted by Crippen LogP contribution is -2.48. The van der Waals surface area contributed by atoms with Gasteiger partial charge in [-0.2, -0.15) is 0 Å². The standard InChI is InChI=1S/C40H46N8O6/c1-5-28(45-39(51)53-3)37(49)47-17-7-9-33(47)35-41-22-32(44-35)27-14-13-23-19-24(11-12-25(23)20-27)26-15-16-30-31(21-26)43-36(42-30)34-10-8-18-48(34)38(50)29(6-2)46-40(52)54-4/h11-16,19-22,28-29,33-34H,5-10,17-18H2,1-4H3,(H,41,44)(H,42,43)(H,45,51)(H,46,52)/t28-,29-,33-,34-/m0/s1. The molecule has 14 nitrogen and oxygen atoms in total. The van der Waals surface area contributed by atoms with E-state index in [1.807, 2.05) is 31.0 Å². The SMILES string of the molecule is CC[C@H](NC(=O)OC)C(=O)N1CCC[C@H]1c1ncc(-c2ccc3cc(-c4ccc5nc([C@@H]6CCCN6C(=O)[C@H](CC)NC(=O)OC)[nH]c5c4)ccc3c2)[nH]1. The number of nitrogens with one attached hydrogen (secondary N) is 4. The Morgan fingerprint density at radius 3 is 1.87 bits per heavy atom. The van der Waals surface area contributed by atoms with Gasteiger partial charge in [-0.3, -0.25) is 9.59 Å². The smallest absolute Gasteiger partial charge is 0.407 e. The highest BCUT2D eigenvalue weighted by Gasteiger charge is 2.37. The monoisotopic (exact) mass is 734 g/mol. The molecule has 0 aliphatic carbocycles. The Hall–Kier alpha value is -5.92. The van der Waals surface area contributed by atoms with Crippen molar-refractivity contribution in [3.63, 3.8) is 0 Å². The maximum atomic E-state index is 13.4. The van der Waals surface area contributed by atoms with E-state index in [1.54, 1.807) is 4.90 Å². The van der Waals surface area contributed by atoms with Crippen LogP contribution in [-0.4, -0.2) is 93.1 Å². The highest BCUT2D eigenvalue weighted by molar-refractivity contribution is 5.92. The second-order valence-electron chi connectivity index (χ2n) is 13.9. The zero-order valence-corrected chi connectivity index (χ0v) is 31.0. The summed E-state index contributed by atoms with van der Waals surface area (Å²) in [5, 5.41) is 7.47. The van der Waals surface area contributed by atoms with Gasteiger partial charge in [-0.05, 0) is 84.7 Å². The molecule has 0 bridgehead atoms. The van der Waals surface area contributed by atoms with Crippen molar-refractivity contribution in [3.05, 3.63) is 72.4 Å². The second-order valence-corrected chi connectivity index (χ2v) is 13.9. The van der Waals surface area contributed by atoms with E-state index in [1.165, 1.54) is 14.2 Å². The van der Waals surface area contributed by atoms with Crippen LogP contribution < -0.4 is 10.6 Å². The Bertz CT molecular complexity index is 2200. The van der Waals surface area contributed by atoms with Gasteiger partial charge in [-0.25, -0.2) is 19.6 Å². The van der Waals surface area contributed by atoms with Gasteiger partial charge in [-0.1, -0.05) is 44.2 Å². The molecule has 2 saturated heterocycles. The molecule has 0 unspecified atom stereocenters. The van der Waals surface area contributed by atoms with Gasteiger partial charge in [-0.15, -0.1) is 0 Å². The summed E-state index contributed by atoms with van der Waals surface area (Å²) in [6, 6.07) is 17.1. The molecule has 2 aromatic heterocycles. The number of aromatic amines is 2. The maximum Gasteiger partial charge on any atom is 0.407 e. The number of carbonyl (C=O) groups excluding carboxylic acids is 4. The van der Waals surface area contributed by atoms with Crippen molar-refractivity contribution in [2.24, 2.45) is 0 Å². The first-order chi connectivity index (χ1) is 26.2. The summed E-state index contributed by atoms with van der Waals surface area (Å²) in [7, 11) is 2.57. The molecule has 54 heavy (non-hydrogen) atoms. The van der Waals surface area contributed by atoms with Crippen LogP contribution in [0.5, 0.6) is 0 Å². The van der Waals surface area contributed by atoms with Gasteiger partial charge in [0, 0.05) is 18.7 Å². The lowest BCUT2D eigenvalue weighted by atomic mass is 9.99. The summed E-state index contributed by atoms with van der Waals surface area (Å²) in [5.41, 5.74) is 5.67. The number of benzene rings is 3. The quantitative estimate of drug-likeness (QED) is 0.128. The first-order valence-electron chi connectivity index (χ1n) is 18.6. The molecule has 0 spiro atoms. The second kappa shape index (κ2) is 15.6.